The molecule has 2 aromatic rings. The molecule has 1 heterocycles. The van der Waals surface area contributed by atoms with E-state index in [1.54, 1.807) is 6.33 Å². The number of fused-ring (bicyclic) bond motifs is 1. The summed E-state index contributed by atoms with van der Waals surface area (Å²) >= 11 is 5.85. The molecule has 0 spiro atoms. The Balaban J connectivity index is 1.48. The van der Waals surface area contributed by atoms with Gasteiger partial charge in [-0.25, -0.2) is 4.98 Å². The molecule has 110 valence electrons. The van der Waals surface area contributed by atoms with E-state index >= 15 is 0 Å². The SMILES string of the molecule is O=C(NCCc1ccc(Cl)cc1)[C@H]1CCc2nc[nH]c2C1. The Morgan fingerprint density at radius 3 is 3.00 bits per heavy atom. The Morgan fingerprint density at radius 2 is 2.19 bits per heavy atom. The summed E-state index contributed by atoms with van der Waals surface area (Å²) in [6, 6.07) is 7.73. The summed E-state index contributed by atoms with van der Waals surface area (Å²) in [4.78, 5) is 19.6. The van der Waals surface area contributed by atoms with Crippen LogP contribution in [0.4, 0.5) is 0 Å². The van der Waals surface area contributed by atoms with Gasteiger partial charge in [-0.05, 0) is 37.0 Å². The molecule has 0 fully saturated rings. The van der Waals surface area contributed by atoms with Crippen LogP contribution in [0.2, 0.25) is 5.02 Å². The summed E-state index contributed by atoms with van der Waals surface area (Å²) in [5, 5.41) is 3.77. The van der Waals surface area contributed by atoms with Crippen LogP contribution in [0.5, 0.6) is 0 Å². The number of rotatable bonds is 4. The van der Waals surface area contributed by atoms with E-state index in [-0.39, 0.29) is 11.8 Å². The zero-order chi connectivity index (χ0) is 14.7. The number of aryl methyl sites for hydroxylation is 1. The quantitative estimate of drug-likeness (QED) is 0.912. The van der Waals surface area contributed by atoms with Crippen molar-refractivity contribution in [1.29, 1.82) is 0 Å². The number of nitrogens with one attached hydrogen (secondary N) is 2. The number of aromatic nitrogens is 2. The fraction of sp³-hybridized carbons (Fsp3) is 0.375. The molecule has 1 aromatic heterocycles. The van der Waals surface area contributed by atoms with Crippen molar-refractivity contribution in [3.8, 4) is 0 Å². The Morgan fingerprint density at radius 1 is 1.38 bits per heavy atom. The van der Waals surface area contributed by atoms with Gasteiger partial charge < -0.3 is 10.3 Å². The summed E-state index contributed by atoms with van der Waals surface area (Å²) in [5.41, 5.74) is 3.40. The van der Waals surface area contributed by atoms with E-state index in [1.165, 1.54) is 5.56 Å². The van der Waals surface area contributed by atoms with Gasteiger partial charge in [0.2, 0.25) is 5.91 Å². The van der Waals surface area contributed by atoms with Crippen molar-refractivity contribution in [1.82, 2.24) is 15.3 Å². The number of amides is 1. The molecule has 1 aromatic carbocycles. The molecule has 1 atom stereocenters. The second kappa shape index (κ2) is 6.31. The maximum Gasteiger partial charge on any atom is 0.223 e. The predicted molar refractivity (Wildman–Crippen MR) is 82.3 cm³/mol. The third-order valence-electron chi connectivity index (χ3n) is 3.98. The van der Waals surface area contributed by atoms with Gasteiger partial charge in [0.25, 0.3) is 0 Å². The van der Waals surface area contributed by atoms with E-state index in [0.29, 0.717) is 6.54 Å². The number of hydrogen-bond donors (Lipinski definition) is 2. The molecule has 0 saturated carbocycles. The first-order valence-corrected chi connectivity index (χ1v) is 7.63. The van der Waals surface area contributed by atoms with Crippen molar-refractivity contribution in [2.45, 2.75) is 25.7 Å². The lowest BCUT2D eigenvalue weighted by Crippen LogP contribution is -2.35. The standard InChI is InChI=1S/C16H18ClN3O/c17-13-4-1-11(2-5-13)7-8-18-16(21)12-3-6-14-15(9-12)20-10-19-14/h1-2,4-5,10,12H,3,6-9H2,(H,18,21)(H,19,20)/t12-/m0/s1. The van der Waals surface area contributed by atoms with Gasteiger partial charge in [-0.3, -0.25) is 4.79 Å². The van der Waals surface area contributed by atoms with Crippen LogP contribution >= 0.6 is 11.6 Å². The van der Waals surface area contributed by atoms with E-state index in [9.17, 15) is 4.79 Å². The van der Waals surface area contributed by atoms with Crippen LogP contribution in [0.25, 0.3) is 0 Å². The van der Waals surface area contributed by atoms with Gasteiger partial charge in [0, 0.05) is 29.6 Å². The molecule has 4 nitrogen and oxygen atoms in total. The average molecular weight is 304 g/mol. The molecule has 0 radical (unpaired) electrons. The van der Waals surface area contributed by atoms with Crippen molar-refractivity contribution < 1.29 is 4.79 Å². The highest BCUT2D eigenvalue weighted by Crippen LogP contribution is 2.22. The maximum absolute atomic E-state index is 12.2. The molecule has 0 aliphatic heterocycles. The second-order valence-electron chi connectivity index (χ2n) is 5.44. The van der Waals surface area contributed by atoms with Crippen LogP contribution in [0.1, 0.15) is 23.4 Å². The number of H-pyrrole nitrogens is 1. The number of imidazole rings is 1. The number of carbonyl (C=O) groups excluding carboxylic acids is 1. The maximum atomic E-state index is 12.2. The molecule has 5 heteroatoms. The second-order valence-corrected chi connectivity index (χ2v) is 5.87. The first-order chi connectivity index (χ1) is 10.2. The topological polar surface area (TPSA) is 57.8 Å². The Labute approximate surface area is 128 Å². The average Bonchev–Trinajstić information content (AvgIpc) is 2.96. The summed E-state index contributed by atoms with van der Waals surface area (Å²) in [7, 11) is 0. The van der Waals surface area contributed by atoms with E-state index in [2.05, 4.69) is 15.3 Å². The van der Waals surface area contributed by atoms with Crippen molar-refractivity contribution in [3.05, 3.63) is 52.6 Å². The number of benzene rings is 1. The number of nitrogens with zero attached hydrogens (tertiary/aromatic N) is 1. The smallest absolute Gasteiger partial charge is 0.223 e. The lowest BCUT2D eigenvalue weighted by Gasteiger charge is -2.20. The normalized spacial score (nSPS) is 17.3. The van der Waals surface area contributed by atoms with Gasteiger partial charge in [-0.2, -0.15) is 0 Å². The van der Waals surface area contributed by atoms with Gasteiger partial charge >= 0.3 is 0 Å². The van der Waals surface area contributed by atoms with Crippen LogP contribution in [-0.2, 0) is 24.1 Å². The van der Waals surface area contributed by atoms with Crippen LogP contribution in [0.15, 0.2) is 30.6 Å². The highest BCUT2D eigenvalue weighted by atomic mass is 35.5. The van der Waals surface area contributed by atoms with Crippen LogP contribution in [0.3, 0.4) is 0 Å². The van der Waals surface area contributed by atoms with E-state index < -0.39 is 0 Å². The third kappa shape index (κ3) is 3.45. The molecular weight excluding hydrogens is 286 g/mol. The molecule has 1 aliphatic carbocycles. The first kappa shape index (κ1) is 14.1. The number of halogens is 1. The fourth-order valence-electron chi connectivity index (χ4n) is 2.75. The molecule has 0 unspecified atom stereocenters. The van der Waals surface area contributed by atoms with Crippen LogP contribution in [0, 0.1) is 5.92 Å². The number of aromatic amines is 1. The van der Waals surface area contributed by atoms with Gasteiger partial charge in [0.1, 0.15) is 0 Å². The minimum atomic E-state index is 0.0585. The Hall–Kier alpha value is -1.81. The fourth-order valence-corrected chi connectivity index (χ4v) is 2.88. The monoisotopic (exact) mass is 303 g/mol. The van der Waals surface area contributed by atoms with Gasteiger partial charge in [0.05, 0.1) is 12.0 Å². The van der Waals surface area contributed by atoms with Gasteiger partial charge in [-0.15, -0.1) is 0 Å². The largest absolute Gasteiger partial charge is 0.356 e. The lowest BCUT2D eigenvalue weighted by molar-refractivity contribution is -0.125. The summed E-state index contributed by atoms with van der Waals surface area (Å²) < 4.78 is 0. The van der Waals surface area contributed by atoms with E-state index in [0.717, 1.165) is 42.1 Å². The van der Waals surface area contributed by atoms with Crippen molar-refractivity contribution >= 4 is 17.5 Å². The van der Waals surface area contributed by atoms with Crippen molar-refractivity contribution in [3.63, 3.8) is 0 Å². The van der Waals surface area contributed by atoms with E-state index in [1.807, 2.05) is 24.3 Å². The minimum absolute atomic E-state index is 0.0585. The van der Waals surface area contributed by atoms with Gasteiger partial charge in [0.15, 0.2) is 0 Å². The molecule has 0 bridgehead atoms. The highest BCUT2D eigenvalue weighted by Gasteiger charge is 2.25. The zero-order valence-electron chi connectivity index (χ0n) is 11.7. The van der Waals surface area contributed by atoms with Crippen LogP contribution in [-0.4, -0.2) is 22.4 Å². The molecule has 1 amide bonds. The molecule has 1 aliphatic rings. The van der Waals surface area contributed by atoms with E-state index in [4.69, 9.17) is 11.6 Å². The minimum Gasteiger partial charge on any atom is -0.356 e. The summed E-state index contributed by atoms with van der Waals surface area (Å²) in [6.45, 7) is 0.660. The molecule has 0 saturated heterocycles. The zero-order valence-corrected chi connectivity index (χ0v) is 12.5. The lowest BCUT2D eigenvalue weighted by atomic mass is 9.89. The van der Waals surface area contributed by atoms with Crippen molar-refractivity contribution in [2.75, 3.05) is 6.54 Å². The van der Waals surface area contributed by atoms with Gasteiger partial charge in [-0.1, -0.05) is 23.7 Å². The van der Waals surface area contributed by atoms with Crippen molar-refractivity contribution in [2.24, 2.45) is 5.92 Å². The predicted octanol–water partition coefficient (Wildman–Crippen LogP) is 2.53. The Bertz CT molecular complexity index is 621. The summed E-state index contributed by atoms with van der Waals surface area (Å²) in [6.07, 6.45) is 5.07. The highest BCUT2D eigenvalue weighted by molar-refractivity contribution is 6.30. The first-order valence-electron chi connectivity index (χ1n) is 7.25. The molecule has 21 heavy (non-hydrogen) atoms. The molecular formula is C16H18ClN3O. The Kier molecular flexibility index (Phi) is 4.25. The van der Waals surface area contributed by atoms with Crippen LogP contribution < -0.4 is 5.32 Å². The third-order valence-corrected chi connectivity index (χ3v) is 4.24. The number of carbonyl (C=O) groups is 1. The molecule has 3 rings (SSSR count). The summed E-state index contributed by atoms with van der Waals surface area (Å²) in [5.74, 6) is 0.201. The number of hydrogen-bond acceptors (Lipinski definition) is 2. The molecule has 2 N–H and O–H groups in total.